The lowest BCUT2D eigenvalue weighted by molar-refractivity contribution is -0.307. The third kappa shape index (κ3) is 3.08. The van der Waals surface area contributed by atoms with E-state index in [-0.39, 0.29) is 11.5 Å². The molecule has 1 unspecified atom stereocenters. The lowest BCUT2D eigenvalue weighted by atomic mass is 9.75. The molecule has 2 aliphatic rings. The number of allylic oxidation sites excluding steroid dienone is 1. The number of nitrogens with zero attached hydrogens (tertiary/aromatic N) is 1. The molecular weight excluding hydrogens is 386 g/mol. The van der Waals surface area contributed by atoms with Crippen LogP contribution in [0, 0.1) is 5.92 Å². The summed E-state index contributed by atoms with van der Waals surface area (Å²) in [7, 11) is 1.28. The van der Waals surface area contributed by atoms with Crippen LogP contribution in [0.2, 0.25) is 0 Å². The van der Waals surface area contributed by atoms with Crippen LogP contribution in [0.25, 0.3) is 5.70 Å². The van der Waals surface area contributed by atoms with Crippen LogP contribution in [-0.2, 0) is 14.3 Å². The van der Waals surface area contributed by atoms with Gasteiger partial charge in [0.15, 0.2) is 5.78 Å². The highest BCUT2D eigenvalue weighted by atomic mass is 16.5. The van der Waals surface area contributed by atoms with Gasteiger partial charge in [-0.15, -0.1) is 0 Å². The van der Waals surface area contributed by atoms with Gasteiger partial charge in [0.25, 0.3) is 0 Å². The zero-order valence-corrected chi connectivity index (χ0v) is 16.4. The van der Waals surface area contributed by atoms with Gasteiger partial charge >= 0.3 is 5.97 Å². The molecule has 0 aromatic heterocycles. The molecule has 1 aliphatic carbocycles. The second-order valence-electron chi connectivity index (χ2n) is 7.07. The van der Waals surface area contributed by atoms with E-state index in [1.807, 2.05) is 12.1 Å². The van der Waals surface area contributed by atoms with Crippen LogP contribution >= 0.6 is 0 Å². The summed E-state index contributed by atoms with van der Waals surface area (Å²) in [6, 6.07) is 13.9. The van der Waals surface area contributed by atoms with Crippen LogP contribution in [0.3, 0.4) is 0 Å². The maximum absolute atomic E-state index is 13.3. The van der Waals surface area contributed by atoms with Crippen molar-refractivity contribution in [3.8, 4) is 5.75 Å². The maximum atomic E-state index is 13.3. The molecule has 0 fully saturated rings. The maximum Gasteiger partial charge on any atom is 0.315 e. The van der Waals surface area contributed by atoms with E-state index in [4.69, 9.17) is 9.47 Å². The summed E-state index contributed by atoms with van der Waals surface area (Å²) >= 11 is 0. The molecule has 0 saturated carbocycles. The Morgan fingerprint density at radius 1 is 1.07 bits per heavy atom. The smallest absolute Gasteiger partial charge is 0.315 e. The number of esters is 1. The fourth-order valence-corrected chi connectivity index (χ4v) is 4.12. The molecule has 4 rings (SSSR count). The van der Waals surface area contributed by atoms with Crippen molar-refractivity contribution in [1.29, 1.82) is 0 Å². The first-order valence-electron chi connectivity index (χ1n) is 9.37. The quantitative estimate of drug-likeness (QED) is 0.704. The summed E-state index contributed by atoms with van der Waals surface area (Å²) in [4.78, 5) is 41.6. The molecule has 1 heterocycles. The molecule has 2 atom stereocenters. The van der Waals surface area contributed by atoms with Crippen molar-refractivity contribution in [3.63, 3.8) is 0 Å². The standard InChI is InChI=1S/C23H19NO6/c1-12-18(23(28)29-2)19(15-9-5-6-10-16(15)30-11-17(25)26)20-21(24-12)13-7-3-4-8-14(13)22(20)27/h3-10,18-19H,11H2,1-2H3,(H,25,26)/p-1/t18?,19-/m1/s1. The van der Waals surface area contributed by atoms with Gasteiger partial charge in [0.1, 0.15) is 18.3 Å². The molecule has 7 heteroatoms. The summed E-state index contributed by atoms with van der Waals surface area (Å²) in [6.07, 6.45) is 0. The molecule has 1 aliphatic heterocycles. The Bertz CT molecular complexity index is 1130. The monoisotopic (exact) mass is 404 g/mol. The third-order valence-corrected chi connectivity index (χ3v) is 5.36. The van der Waals surface area contributed by atoms with Gasteiger partial charge in [0.2, 0.25) is 0 Å². The zero-order valence-electron chi connectivity index (χ0n) is 16.4. The van der Waals surface area contributed by atoms with Crippen molar-refractivity contribution in [2.75, 3.05) is 13.7 Å². The van der Waals surface area contributed by atoms with E-state index in [9.17, 15) is 19.5 Å². The SMILES string of the molecule is COC(=O)C1C(C)=NC2=C(C(=O)c3ccccc32)[C@@H]1c1ccccc1OCC(=O)[O-]. The lowest BCUT2D eigenvalue weighted by Crippen LogP contribution is -2.35. The Morgan fingerprint density at radius 3 is 2.43 bits per heavy atom. The van der Waals surface area contributed by atoms with Crippen molar-refractivity contribution in [3.05, 3.63) is 70.8 Å². The molecule has 0 bridgehead atoms. The average molecular weight is 404 g/mol. The summed E-state index contributed by atoms with van der Waals surface area (Å²) in [5.41, 5.74) is 3.14. The predicted molar refractivity (Wildman–Crippen MR) is 106 cm³/mol. The lowest BCUT2D eigenvalue weighted by Gasteiger charge is -2.31. The Balaban J connectivity index is 1.92. The number of rotatable bonds is 5. The number of fused-ring (bicyclic) bond motifs is 2. The second-order valence-corrected chi connectivity index (χ2v) is 7.07. The number of hydrogen-bond donors (Lipinski definition) is 0. The number of benzene rings is 2. The van der Waals surface area contributed by atoms with Crippen molar-refractivity contribution in [2.24, 2.45) is 10.9 Å². The molecule has 0 radical (unpaired) electrons. The van der Waals surface area contributed by atoms with Gasteiger partial charge in [-0.1, -0.05) is 42.5 Å². The molecule has 0 spiro atoms. The minimum absolute atomic E-state index is 0.217. The van der Waals surface area contributed by atoms with E-state index in [0.717, 1.165) is 0 Å². The van der Waals surface area contributed by atoms with Crippen LogP contribution in [0.15, 0.2) is 59.1 Å². The highest BCUT2D eigenvalue weighted by Crippen LogP contribution is 2.49. The highest BCUT2D eigenvalue weighted by Gasteiger charge is 2.46. The number of carboxylic acids is 1. The molecule has 7 nitrogen and oxygen atoms in total. The Labute approximate surface area is 172 Å². The molecule has 0 amide bonds. The van der Waals surface area contributed by atoms with E-state index >= 15 is 0 Å². The zero-order chi connectivity index (χ0) is 21.4. The number of ether oxygens (including phenoxy) is 2. The van der Waals surface area contributed by atoms with E-state index in [1.165, 1.54) is 7.11 Å². The number of ketones is 1. The van der Waals surface area contributed by atoms with E-state index < -0.39 is 30.4 Å². The first-order chi connectivity index (χ1) is 14.4. The molecule has 0 saturated heterocycles. The van der Waals surface area contributed by atoms with Gasteiger partial charge in [-0.05, 0) is 13.0 Å². The number of carbonyl (C=O) groups is 3. The summed E-state index contributed by atoms with van der Waals surface area (Å²) in [6.45, 7) is 1.06. The first-order valence-corrected chi connectivity index (χ1v) is 9.37. The van der Waals surface area contributed by atoms with Gasteiger partial charge in [-0.3, -0.25) is 14.6 Å². The molecule has 152 valence electrons. The largest absolute Gasteiger partial charge is 0.546 e. The van der Waals surface area contributed by atoms with Crippen LogP contribution in [0.5, 0.6) is 5.75 Å². The predicted octanol–water partition coefficient (Wildman–Crippen LogP) is 1.77. The van der Waals surface area contributed by atoms with E-state index in [2.05, 4.69) is 4.99 Å². The Kier molecular flexibility index (Phi) is 4.95. The molecule has 2 aromatic carbocycles. The van der Waals surface area contributed by atoms with Crippen molar-refractivity contribution in [2.45, 2.75) is 12.8 Å². The fourth-order valence-electron chi connectivity index (χ4n) is 4.12. The van der Waals surface area contributed by atoms with Gasteiger partial charge in [0, 0.05) is 33.9 Å². The summed E-state index contributed by atoms with van der Waals surface area (Å²) in [5, 5.41) is 10.9. The third-order valence-electron chi connectivity index (χ3n) is 5.36. The van der Waals surface area contributed by atoms with Crippen LogP contribution < -0.4 is 9.84 Å². The molecule has 30 heavy (non-hydrogen) atoms. The summed E-state index contributed by atoms with van der Waals surface area (Å²) < 4.78 is 10.4. The number of hydrogen-bond acceptors (Lipinski definition) is 7. The molecule has 2 aromatic rings. The normalized spacial score (nSPS) is 19.7. The first kappa shape index (κ1) is 19.6. The topological polar surface area (TPSA) is 105 Å². The Morgan fingerprint density at radius 2 is 1.73 bits per heavy atom. The number of Topliss-reactive ketones (excluding diaryl/α,β-unsaturated/α-hetero) is 1. The fraction of sp³-hybridized carbons (Fsp3) is 0.217. The average Bonchev–Trinajstić information content (AvgIpc) is 3.03. The van der Waals surface area contributed by atoms with E-state index in [1.54, 1.807) is 43.3 Å². The van der Waals surface area contributed by atoms with Gasteiger partial charge in [-0.25, -0.2) is 0 Å². The van der Waals surface area contributed by atoms with Gasteiger partial charge in [0.05, 0.1) is 18.8 Å². The molecular formula is C23H18NO6-. The number of carbonyl (C=O) groups excluding carboxylic acids is 3. The van der Waals surface area contributed by atoms with Crippen molar-refractivity contribution in [1.82, 2.24) is 0 Å². The number of methoxy groups -OCH3 is 1. The van der Waals surface area contributed by atoms with Gasteiger partial charge in [-0.2, -0.15) is 0 Å². The number of para-hydroxylation sites is 1. The van der Waals surface area contributed by atoms with Gasteiger partial charge < -0.3 is 19.4 Å². The highest BCUT2D eigenvalue weighted by molar-refractivity contribution is 6.24. The van der Waals surface area contributed by atoms with Crippen molar-refractivity contribution >= 4 is 29.1 Å². The second kappa shape index (κ2) is 7.59. The number of carboxylic acid groups (broad SMARTS) is 1. The minimum Gasteiger partial charge on any atom is -0.546 e. The Hall–Kier alpha value is -3.74. The van der Waals surface area contributed by atoms with Crippen LogP contribution in [-0.4, -0.2) is 37.2 Å². The van der Waals surface area contributed by atoms with E-state index in [0.29, 0.717) is 33.7 Å². The summed E-state index contributed by atoms with van der Waals surface area (Å²) in [5.74, 6) is -3.45. The van der Waals surface area contributed by atoms with Crippen molar-refractivity contribution < 1.29 is 29.0 Å². The minimum atomic E-state index is -1.38. The van der Waals surface area contributed by atoms with Crippen LogP contribution in [0.1, 0.15) is 34.3 Å². The number of aliphatic carboxylic acids is 1. The molecule has 0 N–H and O–H groups in total. The number of aliphatic imine (C=N–C) groups is 1. The van der Waals surface area contributed by atoms with Crippen LogP contribution in [0.4, 0.5) is 0 Å².